The van der Waals surface area contributed by atoms with Crippen molar-refractivity contribution in [2.75, 3.05) is 39.9 Å². The Morgan fingerprint density at radius 3 is 2.61 bits per heavy atom. The van der Waals surface area contributed by atoms with Crippen molar-refractivity contribution in [3.63, 3.8) is 0 Å². The predicted molar refractivity (Wildman–Crippen MR) is 124 cm³/mol. The lowest BCUT2D eigenvalue weighted by atomic mass is 10.0. The highest BCUT2D eigenvalue weighted by atomic mass is 16.7. The van der Waals surface area contributed by atoms with Crippen LogP contribution in [0.15, 0.2) is 35.9 Å². The number of Topliss-reactive ketones (excluding diaryl/α,β-unsaturated/α-hetero) is 1. The molecule has 2 aliphatic heterocycles. The summed E-state index contributed by atoms with van der Waals surface area (Å²) in [5.41, 5.74) is 2.30. The molecule has 0 bridgehead atoms. The number of allylic oxidation sites excluding steroid dienone is 1. The van der Waals surface area contributed by atoms with Gasteiger partial charge in [-0.3, -0.25) is 14.5 Å². The lowest BCUT2D eigenvalue weighted by Crippen LogP contribution is -2.37. The van der Waals surface area contributed by atoms with Crippen molar-refractivity contribution >= 4 is 23.5 Å². The number of ether oxygens (including phenoxy) is 4. The fourth-order valence-electron chi connectivity index (χ4n) is 4.17. The van der Waals surface area contributed by atoms with Crippen molar-refractivity contribution in [1.82, 2.24) is 4.90 Å². The minimum absolute atomic E-state index is 0.0605. The van der Waals surface area contributed by atoms with E-state index in [1.54, 1.807) is 38.3 Å². The maximum atomic E-state index is 13.1. The predicted octanol–water partition coefficient (Wildman–Crippen LogP) is 3.75. The Morgan fingerprint density at radius 1 is 1.12 bits per heavy atom. The van der Waals surface area contributed by atoms with Crippen molar-refractivity contribution in [3.05, 3.63) is 47.0 Å². The normalized spacial score (nSPS) is 17.7. The zero-order valence-corrected chi connectivity index (χ0v) is 19.3. The molecule has 2 aliphatic rings. The molecule has 2 aromatic rings. The largest absolute Gasteiger partial charge is 0.495 e. The molecule has 0 radical (unpaired) electrons. The Labute approximate surface area is 193 Å². The molecule has 1 fully saturated rings. The Kier molecular flexibility index (Phi) is 6.55. The molecule has 1 saturated heterocycles. The van der Waals surface area contributed by atoms with E-state index in [0.29, 0.717) is 39.8 Å². The van der Waals surface area contributed by atoms with Gasteiger partial charge in [0.1, 0.15) is 5.75 Å². The average Bonchev–Trinajstić information content (AvgIpc) is 3.46. The van der Waals surface area contributed by atoms with Crippen LogP contribution in [-0.4, -0.2) is 57.2 Å². The SMILES string of the molecule is COc1ccc(C=C(C)C(=O)c2cc(OC)c3c(c2)OCO3)cc1NC(=O)C1CCCN1C. The molecule has 4 rings (SSSR count). The third kappa shape index (κ3) is 4.66. The van der Waals surface area contributed by atoms with Crippen LogP contribution in [0.1, 0.15) is 35.7 Å². The van der Waals surface area contributed by atoms with Crippen LogP contribution in [0, 0.1) is 0 Å². The van der Waals surface area contributed by atoms with Crippen LogP contribution >= 0.6 is 0 Å². The second-order valence-electron chi connectivity index (χ2n) is 8.16. The fraction of sp³-hybridized carbons (Fsp3) is 0.360. The molecule has 1 unspecified atom stereocenters. The van der Waals surface area contributed by atoms with Gasteiger partial charge in [0.25, 0.3) is 0 Å². The number of methoxy groups -OCH3 is 2. The number of likely N-dealkylation sites (tertiary alicyclic amines) is 1. The maximum Gasteiger partial charge on any atom is 0.241 e. The van der Waals surface area contributed by atoms with E-state index in [9.17, 15) is 9.59 Å². The number of carbonyl (C=O) groups is 2. The summed E-state index contributed by atoms with van der Waals surface area (Å²) < 4.78 is 21.6. The second kappa shape index (κ2) is 9.54. The van der Waals surface area contributed by atoms with Gasteiger partial charge in [0.2, 0.25) is 18.4 Å². The van der Waals surface area contributed by atoms with Crippen LogP contribution in [0.3, 0.4) is 0 Å². The monoisotopic (exact) mass is 452 g/mol. The van der Waals surface area contributed by atoms with Crippen LogP contribution in [0.4, 0.5) is 5.69 Å². The molecule has 1 atom stereocenters. The van der Waals surface area contributed by atoms with Gasteiger partial charge in [-0.2, -0.15) is 0 Å². The van der Waals surface area contributed by atoms with Gasteiger partial charge >= 0.3 is 0 Å². The van der Waals surface area contributed by atoms with E-state index < -0.39 is 0 Å². The molecular formula is C25H28N2O6. The molecule has 0 saturated carbocycles. The number of hydrogen-bond acceptors (Lipinski definition) is 7. The van der Waals surface area contributed by atoms with Crippen LogP contribution in [0.5, 0.6) is 23.0 Å². The number of fused-ring (bicyclic) bond motifs is 1. The lowest BCUT2D eigenvalue weighted by Gasteiger charge is -2.19. The average molecular weight is 453 g/mol. The van der Waals surface area contributed by atoms with E-state index in [1.165, 1.54) is 7.11 Å². The summed E-state index contributed by atoms with van der Waals surface area (Å²) in [6.45, 7) is 2.74. The first-order valence-corrected chi connectivity index (χ1v) is 10.8. The number of anilines is 1. The Bertz CT molecular complexity index is 1110. The first-order valence-electron chi connectivity index (χ1n) is 10.8. The summed E-state index contributed by atoms with van der Waals surface area (Å²) in [5.74, 6) is 1.77. The number of ketones is 1. The van der Waals surface area contributed by atoms with E-state index in [1.807, 2.05) is 24.1 Å². The van der Waals surface area contributed by atoms with Crippen molar-refractivity contribution < 1.29 is 28.5 Å². The van der Waals surface area contributed by atoms with Gasteiger partial charge in [-0.15, -0.1) is 0 Å². The van der Waals surface area contributed by atoms with Gasteiger partial charge in [0.05, 0.1) is 25.9 Å². The van der Waals surface area contributed by atoms with E-state index in [-0.39, 0.29) is 24.5 Å². The molecule has 33 heavy (non-hydrogen) atoms. The first kappa shape index (κ1) is 22.7. The molecular weight excluding hydrogens is 424 g/mol. The fourth-order valence-corrected chi connectivity index (χ4v) is 4.17. The smallest absolute Gasteiger partial charge is 0.241 e. The highest BCUT2D eigenvalue weighted by molar-refractivity contribution is 6.11. The number of rotatable bonds is 7. The third-order valence-corrected chi connectivity index (χ3v) is 5.97. The summed E-state index contributed by atoms with van der Waals surface area (Å²) in [4.78, 5) is 27.9. The number of benzene rings is 2. The van der Waals surface area contributed by atoms with Crippen LogP contribution in [0.2, 0.25) is 0 Å². The molecule has 0 aliphatic carbocycles. The second-order valence-corrected chi connectivity index (χ2v) is 8.16. The van der Waals surface area contributed by atoms with E-state index >= 15 is 0 Å². The highest BCUT2D eigenvalue weighted by Crippen LogP contribution is 2.42. The van der Waals surface area contributed by atoms with Crippen LogP contribution in [-0.2, 0) is 4.79 Å². The summed E-state index contributed by atoms with van der Waals surface area (Å²) in [6.07, 6.45) is 3.60. The topological polar surface area (TPSA) is 86.3 Å². The highest BCUT2D eigenvalue weighted by Gasteiger charge is 2.28. The number of nitrogens with one attached hydrogen (secondary N) is 1. The van der Waals surface area contributed by atoms with Crippen molar-refractivity contribution in [1.29, 1.82) is 0 Å². The molecule has 0 aromatic heterocycles. The lowest BCUT2D eigenvalue weighted by molar-refractivity contribution is -0.119. The summed E-state index contributed by atoms with van der Waals surface area (Å²) in [7, 11) is 5.03. The Morgan fingerprint density at radius 2 is 1.91 bits per heavy atom. The molecule has 2 aromatic carbocycles. The number of likely N-dealkylation sites (N-methyl/N-ethyl adjacent to an activating group) is 1. The molecule has 8 heteroatoms. The van der Waals surface area contributed by atoms with Gasteiger partial charge in [0, 0.05) is 5.56 Å². The summed E-state index contributed by atoms with van der Waals surface area (Å²) in [5, 5.41) is 2.98. The molecule has 1 amide bonds. The quantitative estimate of drug-likeness (QED) is 0.506. The number of hydrogen-bond donors (Lipinski definition) is 1. The number of carbonyl (C=O) groups excluding carboxylic acids is 2. The van der Waals surface area contributed by atoms with Crippen molar-refractivity contribution in [2.24, 2.45) is 0 Å². The zero-order valence-electron chi connectivity index (χ0n) is 19.3. The standard InChI is InChI=1S/C25H28N2O6/c1-15(23(28)17-12-21(31-4)24-22(13-17)32-14-33-24)10-16-7-8-20(30-3)18(11-16)26-25(29)19-6-5-9-27(19)2/h7-8,10-13,19H,5-6,9,14H2,1-4H3,(H,26,29). The van der Waals surface area contributed by atoms with Crippen LogP contribution < -0.4 is 24.3 Å². The molecule has 2 heterocycles. The van der Waals surface area contributed by atoms with E-state index in [2.05, 4.69) is 5.32 Å². The van der Waals surface area contributed by atoms with E-state index in [0.717, 1.165) is 24.9 Å². The Balaban J connectivity index is 1.57. The summed E-state index contributed by atoms with van der Waals surface area (Å²) in [6, 6.07) is 8.57. The Hall–Kier alpha value is -3.52. The van der Waals surface area contributed by atoms with Gasteiger partial charge in [-0.25, -0.2) is 0 Å². The number of amides is 1. The molecule has 0 spiro atoms. The maximum absolute atomic E-state index is 13.1. The number of nitrogens with zero attached hydrogens (tertiary/aromatic N) is 1. The summed E-state index contributed by atoms with van der Waals surface area (Å²) >= 11 is 0. The van der Waals surface area contributed by atoms with Crippen LogP contribution in [0.25, 0.3) is 6.08 Å². The van der Waals surface area contributed by atoms with E-state index in [4.69, 9.17) is 18.9 Å². The minimum Gasteiger partial charge on any atom is -0.495 e. The molecule has 8 nitrogen and oxygen atoms in total. The van der Waals surface area contributed by atoms with Crippen molar-refractivity contribution in [2.45, 2.75) is 25.8 Å². The minimum atomic E-state index is -0.166. The van der Waals surface area contributed by atoms with Gasteiger partial charge in [-0.05, 0) is 74.8 Å². The first-order chi connectivity index (χ1) is 15.9. The van der Waals surface area contributed by atoms with Gasteiger partial charge in [-0.1, -0.05) is 6.07 Å². The molecule has 1 N–H and O–H groups in total. The zero-order chi connectivity index (χ0) is 23.5. The van der Waals surface area contributed by atoms with Crippen molar-refractivity contribution in [3.8, 4) is 23.0 Å². The van der Waals surface area contributed by atoms with Gasteiger partial charge < -0.3 is 24.3 Å². The van der Waals surface area contributed by atoms with Gasteiger partial charge in [0.15, 0.2) is 17.3 Å². The molecule has 174 valence electrons. The third-order valence-electron chi connectivity index (χ3n) is 5.97.